The lowest BCUT2D eigenvalue weighted by Crippen LogP contribution is -2.43. The molecule has 0 radical (unpaired) electrons. The summed E-state index contributed by atoms with van der Waals surface area (Å²) in [5.41, 5.74) is 1.92. The molecule has 2 N–H and O–H groups in total. The van der Waals surface area contributed by atoms with Gasteiger partial charge in [0.25, 0.3) is 5.91 Å². The first-order valence-corrected chi connectivity index (χ1v) is 11.0. The Kier molecular flexibility index (Phi) is 4.68. The highest BCUT2D eigenvalue weighted by Gasteiger charge is 2.28. The number of fused-ring (bicyclic) bond motifs is 1. The Hall–Kier alpha value is -1.97. The molecule has 1 saturated heterocycles. The van der Waals surface area contributed by atoms with Crippen molar-refractivity contribution >= 4 is 33.1 Å². The number of piperidine rings is 1. The number of thiophene rings is 1. The molecule has 138 valence electrons. The van der Waals surface area contributed by atoms with Crippen molar-refractivity contribution in [1.82, 2.24) is 14.6 Å². The SMILES string of the molecule is O=C1Cc2[nH]ccc2C(N2CCC(CNS(=O)(=O)c3cccs3)CC2)=N1. The summed E-state index contributed by atoms with van der Waals surface area (Å²) >= 11 is 1.22. The highest BCUT2D eigenvalue weighted by Crippen LogP contribution is 2.24. The summed E-state index contributed by atoms with van der Waals surface area (Å²) in [6, 6.07) is 5.31. The molecule has 0 aliphatic carbocycles. The molecule has 1 amide bonds. The van der Waals surface area contributed by atoms with Crippen LogP contribution in [0, 0.1) is 5.92 Å². The van der Waals surface area contributed by atoms with Crippen LogP contribution in [0.2, 0.25) is 0 Å². The van der Waals surface area contributed by atoms with Crippen LogP contribution in [0.25, 0.3) is 0 Å². The standard InChI is InChI=1S/C17H20N4O3S2/c22-15-10-14-13(3-6-18-14)17(20-15)21-7-4-12(5-8-21)11-19-26(23,24)16-2-1-9-25-16/h1-3,6,9,12,18-19H,4-5,7-8,10-11H2. The van der Waals surface area contributed by atoms with Crippen LogP contribution in [0.15, 0.2) is 39.0 Å². The average molecular weight is 393 g/mol. The van der Waals surface area contributed by atoms with Crippen LogP contribution in [-0.4, -0.2) is 49.7 Å². The zero-order valence-corrected chi connectivity index (χ0v) is 15.8. The summed E-state index contributed by atoms with van der Waals surface area (Å²) in [4.78, 5) is 21.3. The largest absolute Gasteiger partial charge is 0.364 e. The average Bonchev–Trinajstić information content (AvgIpc) is 3.31. The number of H-pyrrole nitrogens is 1. The van der Waals surface area contributed by atoms with Gasteiger partial charge in [-0.1, -0.05) is 6.07 Å². The Labute approximate surface area is 156 Å². The minimum absolute atomic E-state index is 0.124. The summed E-state index contributed by atoms with van der Waals surface area (Å²) in [6.45, 7) is 1.97. The monoisotopic (exact) mass is 392 g/mol. The Morgan fingerprint density at radius 1 is 1.31 bits per heavy atom. The molecule has 2 aromatic rings. The molecule has 7 nitrogen and oxygen atoms in total. The van der Waals surface area contributed by atoms with Crippen LogP contribution < -0.4 is 4.72 Å². The van der Waals surface area contributed by atoms with Crippen LogP contribution in [0.5, 0.6) is 0 Å². The molecular weight excluding hydrogens is 372 g/mol. The smallest absolute Gasteiger partial charge is 0.253 e. The summed E-state index contributed by atoms with van der Waals surface area (Å²) in [6.07, 6.45) is 3.89. The van der Waals surface area contributed by atoms with Gasteiger partial charge in [-0.25, -0.2) is 13.1 Å². The molecule has 0 aromatic carbocycles. The van der Waals surface area contributed by atoms with Gasteiger partial charge in [0, 0.05) is 37.1 Å². The van der Waals surface area contributed by atoms with E-state index < -0.39 is 10.0 Å². The first-order valence-electron chi connectivity index (χ1n) is 8.59. The molecule has 4 rings (SSSR count). The molecule has 26 heavy (non-hydrogen) atoms. The van der Waals surface area contributed by atoms with Crippen LogP contribution in [-0.2, 0) is 21.2 Å². The number of sulfonamides is 1. The zero-order valence-electron chi connectivity index (χ0n) is 14.1. The van der Waals surface area contributed by atoms with Crippen molar-refractivity contribution in [2.45, 2.75) is 23.5 Å². The van der Waals surface area contributed by atoms with Crippen molar-refractivity contribution in [2.75, 3.05) is 19.6 Å². The van der Waals surface area contributed by atoms with E-state index in [0.29, 0.717) is 17.2 Å². The van der Waals surface area contributed by atoms with Crippen molar-refractivity contribution in [1.29, 1.82) is 0 Å². The van der Waals surface area contributed by atoms with E-state index in [9.17, 15) is 13.2 Å². The van der Waals surface area contributed by atoms with E-state index >= 15 is 0 Å². The Morgan fingerprint density at radius 3 is 2.85 bits per heavy atom. The fraction of sp³-hybridized carbons (Fsp3) is 0.412. The highest BCUT2D eigenvalue weighted by molar-refractivity contribution is 7.91. The molecule has 0 unspecified atom stereocenters. The summed E-state index contributed by atoms with van der Waals surface area (Å²) < 4.78 is 27.5. The topological polar surface area (TPSA) is 94.6 Å². The predicted octanol–water partition coefficient (Wildman–Crippen LogP) is 1.60. The van der Waals surface area contributed by atoms with Crippen molar-refractivity contribution in [2.24, 2.45) is 10.9 Å². The Morgan fingerprint density at radius 2 is 2.12 bits per heavy atom. The maximum absolute atomic E-state index is 12.2. The van der Waals surface area contributed by atoms with Gasteiger partial charge >= 0.3 is 0 Å². The number of carbonyl (C=O) groups is 1. The molecule has 0 saturated carbocycles. The minimum Gasteiger partial charge on any atom is -0.364 e. The van der Waals surface area contributed by atoms with Gasteiger partial charge in [0.05, 0.1) is 6.42 Å². The lowest BCUT2D eigenvalue weighted by Gasteiger charge is -2.35. The van der Waals surface area contributed by atoms with E-state index in [2.05, 4.69) is 19.6 Å². The van der Waals surface area contributed by atoms with Crippen molar-refractivity contribution in [3.8, 4) is 0 Å². The lowest BCUT2D eigenvalue weighted by atomic mass is 9.96. The molecular formula is C17H20N4O3S2. The van der Waals surface area contributed by atoms with Crippen molar-refractivity contribution in [3.05, 3.63) is 41.0 Å². The number of nitrogens with zero attached hydrogens (tertiary/aromatic N) is 2. The van der Waals surface area contributed by atoms with Crippen LogP contribution in [0.4, 0.5) is 0 Å². The summed E-state index contributed by atoms with van der Waals surface area (Å²) in [7, 11) is -3.41. The third-order valence-electron chi connectivity index (χ3n) is 4.87. The number of nitrogens with one attached hydrogen (secondary N) is 2. The molecule has 1 fully saturated rings. The molecule has 0 atom stereocenters. The molecule has 0 spiro atoms. The van der Waals surface area contributed by atoms with Crippen LogP contribution >= 0.6 is 11.3 Å². The molecule has 2 aliphatic rings. The van der Waals surface area contributed by atoms with E-state index in [1.807, 2.05) is 12.3 Å². The maximum atomic E-state index is 12.2. The van der Waals surface area contributed by atoms with E-state index in [4.69, 9.17) is 0 Å². The maximum Gasteiger partial charge on any atom is 0.253 e. The number of aromatic nitrogens is 1. The summed E-state index contributed by atoms with van der Waals surface area (Å²) in [5.74, 6) is 0.905. The number of aromatic amines is 1. The number of carbonyl (C=O) groups excluding carboxylic acids is 1. The van der Waals surface area contributed by atoms with Crippen molar-refractivity contribution < 1.29 is 13.2 Å². The number of amidine groups is 1. The lowest BCUT2D eigenvalue weighted by molar-refractivity contribution is -0.117. The summed E-state index contributed by atoms with van der Waals surface area (Å²) in [5, 5.41) is 1.76. The zero-order chi connectivity index (χ0) is 18.1. The van der Waals surface area contributed by atoms with Gasteiger partial charge in [0.2, 0.25) is 10.0 Å². The minimum atomic E-state index is -3.41. The fourth-order valence-corrected chi connectivity index (χ4v) is 5.59. The number of amides is 1. The van der Waals surface area contributed by atoms with Gasteiger partial charge < -0.3 is 9.88 Å². The van der Waals surface area contributed by atoms with Gasteiger partial charge in [-0.3, -0.25) is 4.79 Å². The Balaban J connectivity index is 1.36. The molecule has 2 aliphatic heterocycles. The molecule has 2 aromatic heterocycles. The van der Waals surface area contributed by atoms with Gasteiger partial charge in [-0.15, -0.1) is 11.3 Å². The highest BCUT2D eigenvalue weighted by atomic mass is 32.2. The van der Waals surface area contributed by atoms with Crippen LogP contribution in [0.1, 0.15) is 24.1 Å². The normalized spacial score (nSPS) is 18.7. The van der Waals surface area contributed by atoms with Gasteiger partial charge in [0.1, 0.15) is 10.0 Å². The number of rotatable bonds is 4. The van der Waals surface area contributed by atoms with Gasteiger partial charge in [0.15, 0.2) is 0 Å². The number of aliphatic imine (C=N–C) groups is 1. The quantitative estimate of drug-likeness (QED) is 0.826. The van der Waals surface area contributed by atoms with E-state index in [1.165, 1.54) is 11.3 Å². The predicted molar refractivity (Wildman–Crippen MR) is 99.8 cm³/mol. The second-order valence-corrected chi connectivity index (χ2v) is 9.53. The Bertz CT molecular complexity index is 923. The van der Waals surface area contributed by atoms with Gasteiger partial charge in [-0.2, -0.15) is 4.99 Å². The van der Waals surface area contributed by atoms with Crippen molar-refractivity contribution in [3.63, 3.8) is 0 Å². The second kappa shape index (κ2) is 6.98. The number of hydrogen-bond acceptors (Lipinski definition) is 5. The molecule has 9 heteroatoms. The van der Waals surface area contributed by atoms with Crippen LogP contribution in [0.3, 0.4) is 0 Å². The second-order valence-electron chi connectivity index (χ2n) is 6.59. The number of hydrogen-bond donors (Lipinski definition) is 2. The third-order valence-corrected chi connectivity index (χ3v) is 7.69. The van der Waals surface area contributed by atoms with E-state index in [0.717, 1.165) is 43.0 Å². The fourth-order valence-electron chi connectivity index (χ4n) is 3.43. The van der Waals surface area contributed by atoms with E-state index in [-0.39, 0.29) is 11.8 Å². The first kappa shape index (κ1) is 17.4. The van der Waals surface area contributed by atoms with Gasteiger partial charge in [-0.05, 0) is 36.3 Å². The number of likely N-dealkylation sites (tertiary alicyclic amines) is 1. The first-order chi connectivity index (χ1) is 12.5. The molecule has 4 heterocycles. The molecule has 0 bridgehead atoms. The third kappa shape index (κ3) is 3.46. The van der Waals surface area contributed by atoms with E-state index in [1.54, 1.807) is 17.5 Å².